The number of primary amides is 1. The molecule has 3 N–H and O–H groups in total. The Kier molecular flexibility index (Phi) is 5.32. The van der Waals surface area contributed by atoms with Crippen molar-refractivity contribution in [2.24, 2.45) is 5.73 Å². The highest BCUT2D eigenvalue weighted by Gasteiger charge is 2.16. The van der Waals surface area contributed by atoms with Gasteiger partial charge < -0.3 is 20.5 Å². The average molecular weight is 440 g/mol. The molecule has 4 aromatic rings. The zero-order valence-electron chi connectivity index (χ0n) is 17.6. The Bertz CT molecular complexity index is 1390. The van der Waals surface area contributed by atoms with Crippen molar-refractivity contribution in [1.29, 1.82) is 0 Å². The number of benzene rings is 3. The smallest absolute Gasteiger partial charge is 0.255 e. The number of aromatic nitrogens is 2. The molecule has 0 spiro atoms. The van der Waals surface area contributed by atoms with Crippen molar-refractivity contribution in [1.82, 2.24) is 9.97 Å². The molecule has 1 aliphatic rings. The number of nitrogens with zero attached hydrogens (tertiary/aromatic N) is 2. The summed E-state index contributed by atoms with van der Waals surface area (Å²) in [6.45, 7) is 0.161. The summed E-state index contributed by atoms with van der Waals surface area (Å²) in [6, 6.07) is 18.1. The zero-order valence-corrected chi connectivity index (χ0v) is 17.6. The van der Waals surface area contributed by atoms with Gasteiger partial charge in [-0.15, -0.1) is 0 Å². The number of nitrogens with one attached hydrogen (secondary N) is 1. The number of anilines is 1. The largest absolute Gasteiger partial charge is 0.454 e. The topological polar surface area (TPSA) is 116 Å². The second-order valence-electron chi connectivity index (χ2n) is 7.61. The van der Waals surface area contributed by atoms with Gasteiger partial charge in [-0.2, -0.15) is 0 Å². The fourth-order valence-electron chi connectivity index (χ4n) is 3.85. The molecule has 2 heterocycles. The first kappa shape index (κ1) is 20.4. The molecule has 33 heavy (non-hydrogen) atoms. The first-order chi connectivity index (χ1) is 16.1. The Morgan fingerprint density at radius 1 is 0.939 bits per heavy atom. The summed E-state index contributed by atoms with van der Waals surface area (Å²) < 4.78 is 10.6. The lowest BCUT2D eigenvalue weighted by molar-refractivity contribution is 0.0998. The van der Waals surface area contributed by atoms with Gasteiger partial charge in [0.1, 0.15) is 6.33 Å². The fraction of sp³-hybridized carbons (Fsp3) is 0.120. The van der Waals surface area contributed by atoms with E-state index in [1.807, 2.05) is 30.3 Å². The molecule has 0 radical (unpaired) electrons. The number of carbonyl (C=O) groups is 2. The Balaban J connectivity index is 1.31. The molecule has 0 saturated carbocycles. The number of rotatable bonds is 6. The molecule has 0 aliphatic carbocycles. The number of aryl methyl sites for hydroxylation is 2. The highest BCUT2D eigenvalue weighted by Crippen LogP contribution is 2.32. The number of fused-ring (bicyclic) bond motifs is 2. The van der Waals surface area contributed by atoms with Crippen LogP contribution in [-0.2, 0) is 12.8 Å². The molecule has 0 bridgehead atoms. The standard InChI is InChI=1S/C25H20N4O4/c26-24(30)19-6-2-5-18-20(27-13-28-23(18)19)9-7-15-3-1-4-17(11-15)29-25(31)16-8-10-21-22(12-16)33-14-32-21/h1-6,8,10-13H,7,9,14H2,(H2,26,30)(H,29,31). The molecule has 1 aromatic heterocycles. The van der Waals surface area contributed by atoms with Crippen LogP contribution in [0.2, 0.25) is 0 Å². The van der Waals surface area contributed by atoms with Crippen LogP contribution in [0.3, 0.4) is 0 Å². The molecule has 8 heteroatoms. The molecule has 8 nitrogen and oxygen atoms in total. The van der Waals surface area contributed by atoms with Gasteiger partial charge in [0, 0.05) is 16.6 Å². The molecule has 0 atom stereocenters. The molecule has 5 rings (SSSR count). The molecule has 0 unspecified atom stereocenters. The molecule has 3 aromatic carbocycles. The van der Waals surface area contributed by atoms with Crippen molar-refractivity contribution < 1.29 is 19.1 Å². The zero-order chi connectivity index (χ0) is 22.8. The third-order valence-corrected chi connectivity index (χ3v) is 5.48. The van der Waals surface area contributed by atoms with Gasteiger partial charge in [0.2, 0.25) is 6.79 Å². The minimum absolute atomic E-state index is 0.161. The second kappa shape index (κ2) is 8.58. The van der Waals surface area contributed by atoms with E-state index in [1.165, 1.54) is 6.33 Å². The van der Waals surface area contributed by atoms with Crippen molar-refractivity contribution in [2.75, 3.05) is 12.1 Å². The van der Waals surface area contributed by atoms with E-state index in [-0.39, 0.29) is 12.7 Å². The third kappa shape index (κ3) is 4.18. The van der Waals surface area contributed by atoms with E-state index in [0.29, 0.717) is 46.7 Å². The van der Waals surface area contributed by atoms with Crippen molar-refractivity contribution in [3.05, 3.63) is 89.4 Å². The first-order valence-electron chi connectivity index (χ1n) is 10.4. The average Bonchev–Trinajstić information content (AvgIpc) is 3.30. The van der Waals surface area contributed by atoms with Gasteiger partial charge in [0.25, 0.3) is 11.8 Å². The highest BCUT2D eigenvalue weighted by molar-refractivity contribution is 6.05. The van der Waals surface area contributed by atoms with Gasteiger partial charge in [-0.3, -0.25) is 9.59 Å². The normalized spacial score (nSPS) is 12.0. The maximum absolute atomic E-state index is 12.7. The number of hydrogen-bond acceptors (Lipinski definition) is 6. The second-order valence-corrected chi connectivity index (χ2v) is 7.61. The minimum atomic E-state index is -0.517. The van der Waals surface area contributed by atoms with Gasteiger partial charge in [-0.25, -0.2) is 9.97 Å². The van der Waals surface area contributed by atoms with E-state index >= 15 is 0 Å². The van der Waals surface area contributed by atoms with Gasteiger partial charge in [-0.1, -0.05) is 24.3 Å². The fourth-order valence-corrected chi connectivity index (χ4v) is 3.85. The predicted octanol–water partition coefficient (Wildman–Crippen LogP) is 3.49. The minimum Gasteiger partial charge on any atom is -0.454 e. The lowest BCUT2D eigenvalue weighted by Gasteiger charge is -2.09. The first-order valence-corrected chi connectivity index (χ1v) is 10.4. The maximum atomic E-state index is 12.7. The summed E-state index contributed by atoms with van der Waals surface area (Å²) in [5.74, 6) is 0.448. The maximum Gasteiger partial charge on any atom is 0.255 e. The summed E-state index contributed by atoms with van der Waals surface area (Å²) in [5.41, 5.74) is 9.46. The lowest BCUT2D eigenvalue weighted by atomic mass is 10.0. The van der Waals surface area contributed by atoms with Crippen LogP contribution in [-0.4, -0.2) is 28.6 Å². The van der Waals surface area contributed by atoms with Crippen LogP contribution in [0.1, 0.15) is 32.0 Å². The van der Waals surface area contributed by atoms with Crippen LogP contribution in [0.4, 0.5) is 5.69 Å². The summed E-state index contributed by atoms with van der Waals surface area (Å²) in [6.07, 6.45) is 2.79. The third-order valence-electron chi connectivity index (χ3n) is 5.48. The Labute approximate surface area is 189 Å². The van der Waals surface area contributed by atoms with Crippen molar-refractivity contribution in [3.8, 4) is 11.5 Å². The van der Waals surface area contributed by atoms with E-state index in [4.69, 9.17) is 15.2 Å². The Morgan fingerprint density at radius 3 is 2.67 bits per heavy atom. The molecule has 1 aliphatic heterocycles. The number of carbonyl (C=O) groups excluding carboxylic acids is 2. The molecule has 0 fully saturated rings. The number of hydrogen-bond donors (Lipinski definition) is 2. The van der Waals surface area contributed by atoms with E-state index in [0.717, 1.165) is 16.6 Å². The van der Waals surface area contributed by atoms with Crippen LogP contribution in [0.25, 0.3) is 10.9 Å². The van der Waals surface area contributed by atoms with Gasteiger partial charge in [0.15, 0.2) is 11.5 Å². The summed E-state index contributed by atoms with van der Waals surface area (Å²) in [7, 11) is 0. The number of para-hydroxylation sites is 1. The number of ether oxygens (including phenoxy) is 2. The van der Waals surface area contributed by atoms with Crippen molar-refractivity contribution >= 4 is 28.4 Å². The summed E-state index contributed by atoms with van der Waals surface area (Å²) in [4.78, 5) is 33.0. The van der Waals surface area contributed by atoms with E-state index in [9.17, 15) is 9.59 Å². The van der Waals surface area contributed by atoms with Crippen molar-refractivity contribution in [3.63, 3.8) is 0 Å². The molecule has 2 amide bonds. The molecular weight excluding hydrogens is 420 g/mol. The van der Waals surface area contributed by atoms with Crippen LogP contribution in [0, 0.1) is 0 Å². The monoisotopic (exact) mass is 440 g/mol. The number of nitrogens with two attached hydrogens (primary N) is 1. The van der Waals surface area contributed by atoms with Crippen molar-refractivity contribution in [2.45, 2.75) is 12.8 Å². The van der Waals surface area contributed by atoms with E-state index in [1.54, 1.807) is 30.3 Å². The van der Waals surface area contributed by atoms with E-state index in [2.05, 4.69) is 15.3 Å². The lowest BCUT2D eigenvalue weighted by Crippen LogP contribution is -2.12. The number of amides is 2. The molecule has 164 valence electrons. The van der Waals surface area contributed by atoms with Gasteiger partial charge in [-0.05, 0) is 54.8 Å². The predicted molar refractivity (Wildman–Crippen MR) is 122 cm³/mol. The Hall–Kier alpha value is -4.46. The SMILES string of the molecule is NC(=O)c1cccc2c(CCc3cccc(NC(=O)c4ccc5c(c4)OCO5)c3)ncnc12. The highest BCUT2D eigenvalue weighted by atomic mass is 16.7. The van der Waals surface area contributed by atoms with Crippen LogP contribution in [0.5, 0.6) is 11.5 Å². The van der Waals surface area contributed by atoms with Crippen LogP contribution >= 0.6 is 0 Å². The van der Waals surface area contributed by atoms with Crippen LogP contribution in [0.15, 0.2) is 67.0 Å². The molecule has 0 saturated heterocycles. The van der Waals surface area contributed by atoms with Gasteiger partial charge in [0.05, 0.1) is 16.8 Å². The molecular formula is C25H20N4O4. The van der Waals surface area contributed by atoms with Gasteiger partial charge >= 0.3 is 0 Å². The Morgan fingerprint density at radius 2 is 1.79 bits per heavy atom. The quantitative estimate of drug-likeness (QED) is 0.474. The van der Waals surface area contributed by atoms with Crippen LogP contribution < -0.4 is 20.5 Å². The summed E-state index contributed by atoms with van der Waals surface area (Å²) in [5, 5.41) is 3.73. The van der Waals surface area contributed by atoms with E-state index < -0.39 is 5.91 Å². The summed E-state index contributed by atoms with van der Waals surface area (Å²) >= 11 is 0.